The molecule has 0 spiro atoms. The molecule has 1 aliphatic carbocycles. The summed E-state index contributed by atoms with van der Waals surface area (Å²) in [6.07, 6.45) is 4.98. The van der Waals surface area contributed by atoms with Gasteiger partial charge in [-0.05, 0) is 43.4 Å². The van der Waals surface area contributed by atoms with Crippen LogP contribution in [0.1, 0.15) is 37.7 Å². The highest BCUT2D eigenvalue weighted by atomic mass is 35.5. The summed E-state index contributed by atoms with van der Waals surface area (Å²) in [5, 5.41) is 13.4. The smallest absolute Gasteiger partial charge is 0.220 e. The van der Waals surface area contributed by atoms with Crippen molar-refractivity contribution in [3.63, 3.8) is 0 Å². The van der Waals surface area contributed by atoms with Gasteiger partial charge in [-0.1, -0.05) is 30.2 Å². The number of aliphatic hydroxyl groups is 1. The van der Waals surface area contributed by atoms with E-state index in [2.05, 4.69) is 5.32 Å². The van der Waals surface area contributed by atoms with Gasteiger partial charge in [-0.2, -0.15) is 0 Å². The van der Waals surface area contributed by atoms with Crippen molar-refractivity contribution in [1.29, 1.82) is 0 Å². The van der Waals surface area contributed by atoms with Crippen molar-refractivity contribution in [2.24, 2.45) is 5.92 Å². The number of carbonyl (C=O) groups is 1. The van der Waals surface area contributed by atoms with E-state index in [1.807, 2.05) is 24.3 Å². The largest absolute Gasteiger partial charge is 0.393 e. The van der Waals surface area contributed by atoms with Gasteiger partial charge in [-0.3, -0.25) is 4.79 Å². The molecule has 1 aromatic carbocycles. The maximum absolute atomic E-state index is 11.7. The molecule has 3 nitrogen and oxygen atoms in total. The normalized spacial score (nSPS) is 21.9. The Kier molecular flexibility index (Phi) is 5.86. The average molecular weight is 296 g/mol. The minimum absolute atomic E-state index is 0.0815. The van der Waals surface area contributed by atoms with Crippen LogP contribution < -0.4 is 5.32 Å². The first kappa shape index (κ1) is 15.3. The zero-order chi connectivity index (χ0) is 14.4. The summed E-state index contributed by atoms with van der Waals surface area (Å²) >= 11 is 5.83. The third-order valence-electron chi connectivity index (χ3n) is 3.96. The topological polar surface area (TPSA) is 49.3 Å². The third-order valence-corrected chi connectivity index (χ3v) is 4.21. The lowest BCUT2D eigenvalue weighted by Crippen LogP contribution is -2.32. The summed E-state index contributed by atoms with van der Waals surface area (Å²) < 4.78 is 0. The fraction of sp³-hybridized carbons (Fsp3) is 0.562. The monoisotopic (exact) mass is 295 g/mol. The van der Waals surface area contributed by atoms with Crippen molar-refractivity contribution in [1.82, 2.24) is 5.32 Å². The SMILES string of the molecule is O=C(CCCc1ccc(Cl)cc1)NCC1CCCC1O. The van der Waals surface area contributed by atoms with Gasteiger partial charge in [-0.15, -0.1) is 0 Å². The number of amides is 1. The second-order valence-electron chi connectivity index (χ2n) is 5.54. The molecular weight excluding hydrogens is 274 g/mol. The fourth-order valence-electron chi connectivity index (χ4n) is 2.69. The first-order valence-electron chi connectivity index (χ1n) is 7.34. The van der Waals surface area contributed by atoms with Crippen molar-refractivity contribution >= 4 is 17.5 Å². The number of rotatable bonds is 6. The molecule has 2 rings (SSSR count). The van der Waals surface area contributed by atoms with Crippen LogP contribution in [0.25, 0.3) is 0 Å². The predicted octanol–water partition coefficient (Wildman–Crippen LogP) is 2.94. The molecular formula is C16H22ClNO2. The van der Waals surface area contributed by atoms with Crippen LogP contribution in [0, 0.1) is 5.92 Å². The van der Waals surface area contributed by atoms with Gasteiger partial charge in [0.05, 0.1) is 6.10 Å². The van der Waals surface area contributed by atoms with Gasteiger partial charge in [0.15, 0.2) is 0 Å². The highest BCUT2D eigenvalue weighted by molar-refractivity contribution is 6.30. The van der Waals surface area contributed by atoms with Gasteiger partial charge < -0.3 is 10.4 Å². The Morgan fingerprint density at radius 3 is 2.70 bits per heavy atom. The summed E-state index contributed by atoms with van der Waals surface area (Å²) in [7, 11) is 0. The molecule has 2 unspecified atom stereocenters. The first-order chi connectivity index (χ1) is 9.65. The molecule has 0 heterocycles. The minimum Gasteiger partial charge on any atom is -0.393 e. The van der Waals surface area contributed by atoms with Crippen molar-refractivity contribution < 1.29 is 9.90 Å². The number of nitrogens with one attached hydrogen (secondary N) is 1. The Bertz CT molecular complexity index is 433. The van der Waals surface area contributed by atoms with E-state index in [9.17, 15) is 9.90 Å². The Morgan fingerprint density at radius 2 is 2.05 bits per heavy atom. The Hall–Kier alpha value is -1.06. The van der Waals surface area contributed by atoms with Gasteiger partial charge in [0.25, 0.3) is 0 Å². The number of halogens is 1. The summed E-state index contributed by atoms with van der Waals surface area (Å²) in [6.45, 7) is 0.612. The summed E-state index contributed by atoms with van der Waals surface area (Å²) in [4.78, 5) is 11.7. The Balaban J connectivity index is 1.61. The highest BCUT2D eigenvalue weighted by Crippen LogP contribution is 2.24. The zero-order valence-electron chi connectivity index (χ0n) is 11.6. The number of carbonyl (C=O) groups excluding carboxylic acids is 1. The molecule has 110 valence electrons. The van der Waals surface area contributed by atoms with Crippen LogP contribution in [0.2, 0.25) is 5.02 Å². The van der Waals surface area contributed by atoms with Crippen molar-refractivity contribution in [2.75, 3.05) is 6.54 Å². The first-order valence-corrected chi connectivity index (χ1v) is 7.72. The summed E-state index contributed by atoms with van der Waals surface area (Å²) in [5.74, 6) is 0.327. The van der Waals surface area contributed by atoms with Crippen LogP contribution in [0.15, 0.2) is 24.3 Å². The van der Waals surface area contributed by atoms with Gasteiger partial charge >= 0.3 is 0 Å². The molecule has 2 N–H and O–H groups in total. The van der Waals surface area contributed by atoms with Gasteiger partial charge in [0.1, 0.15) is 0 Å². The molecule has 1 aromatic rings. The molecule has 0 radical (unpaired) electrons. The second kappa shape index (κ2) is 7.65. The highest BCUT2D eigenvalue weighted by Gasteiger charge is 2.25. The predicted molar refractivity (Wildman–Crippen MR) is 80.7 cm³/mol. The second-order valence-corrected chi connectivity index (χ2v) is 5.98. The lowest BCUT2D eigenvalue weighted by molar-refractivity contribution is -0.121. The number of benzene rings is 1. The molecule has 0 bridgehead atoms. The number of aliphatic hydroxyl groups excluding tert-OH is 1. The van der Waals surface area contributed by atoms with Crippen molar-refractivity contribution in [2.45, 2.75) is 44.6 Å². The van der Waals surface area contributed by atoms with E-state index >= 15 is 0 Å². The van der Waals surface area contributed by atoms with E-state index in [-0.39, 0.29) is 17.9 Å². The van der Waals surface area contributed by atoms with Crippen LogP contribution in [-0.2, 0) is 11.2 Å². The minimum atomic E-state index is -0.232. The molecule has 1 aliphatic rings. The van der Waals surface area contributed by atoms with Gasteiger partial charge in [0.2, 0.25) is 5.91 Å². The fourth-order valence-corrected chi connectivity index (χ4v) is 2.82. The van der Waals surface area contributed by atoms with E-state index in [1.165, 1.54) is 5.56 Å². The van der Waals surface area contributed by atoms with Crippen molar-refractivity contribution in [3.8, 4) is 0 Å². The van der Waals surface area contributed by atoms with Crippen LogP contribution in [0.4, 0.5) is 0 Å². The zero-order valence-corrected chi connectivity index (χ0v) is 12.4. The molecule has 1 amide bonds. The van der Waals surface area contributed by atoms with E-state index in [0.717, 1.165) is 37.1 Å². The van der Waals surface area contributed by atoms with E-state index in [1.54, 1.807) is 0 Å². The maximum atomic E-state index is 11.7. The van der Waals surface area contributed by atoms with Gasteiger partial charge in [-0.25, -0.2) is 0 Å². The van der Waals surface area contributed by atoms with Crippen LogP contribution in [0.3, 0.4) is 0 Å². The number of hydrogen-bond acceptors (Lipinski definition) is 2. The van der Waals surface area contributed by atoms with E-state index in [0.29, 0.717) is 13.0 Å². The van der Waals surface area contributed by atoms with Crippen LogP contribution in [-0.4, -0.2) is 23.7 Å². The number of aryl methyl sites for hydroxylation is 1. The maximum Gasteiger partial charge on any atom is 0.220 e. The van der Waals surface area contributed by atoms with Crippen LogP contribution >= 0.6 is 11.6 Å². The third kappa shape index (κ3) is 4.80. The Morgan fingerprint density at radius 1 is 1.30 bits per heavy atom. The lowest BCUT2D eigenvalue weighted by atomic mass is 10.1. The molecule has 1 fully saturated rings. The molecule has 1 saturated carbocycles. The van der Waals surface area contributed by atoms with Crippen LogP contribution in [0.5, 0.6) is 0 Å². The standard InChI is InChI=1S/C16H22ClNO2/c17-14-9-7-12(8-10-14)3-1-6-16(20)18-11-13-4-2-5-15(13)19/h7-10,13,15,19H,1-6,11H2,(H,18,20). The molecule has 0 aromatic heterocycles. The molecule has 0 saturated heterocycles. The lowest BCUT2D eigenvalue weighted by Gasteiger charge is -2.14. The van der Waals surface area contributed by atoms with E-state index < -0.39 is 0 Å². The van der Waals surface area contributed by atoms with E-state index in [4.69, 9.17) is 11.6 Å². The summed E-state index contributed by atoms with van der Waals surface area (Å²) in [5.41, 5.74) is 1.20. The van der Waals surface area contributed by atoms with Gasteiger partial charge in [0, 0.05) is 23.9 Å². The average Bonchev–Trinajstić information content (AvgIpc) is 2.84. The molecule has 20 heavy (non-hydrogen) atoms. The molecule has 4 heteroatoms. The molecule has 2 atom stereocenters. The molecule has 0 aliphatic heterocycles. The summed E-state index contributed by atoms with van der Waals surface area (Å²) in [6, 6.07) is 7.74. The quantitative estimate of drug-likeness (QED) is 0.848. The Labute approximate surface area is 125 Å². The van der Waals surface area contributed by atoms with Crippen molar-refractivity contribution in [3.05, 3.63) is 34.9 Å². The number of hydrogen-bond donors (Lipinski definition) is 2.